The molecular weight excluding hydrogens is 547 g/mol. The molecular formula is C35H51O6P. The van der Waals surface area contributed by atoms with Gasteiger partial charge in [-0.1, -0.05) is 58.9 Å². The standard InChI is InChI=1S/C35H51O6P/c1-10-39-42(38,40-11-2)41-29(36)22-31(5)14-15-32(6)16-18-34(8)27-13-12-25-24(4)30(37)23(3)20-26(25)33(27,7)17-19-35(34,9)28(32)21-31/h12-13,20,28,37H,3,10-11,14-19,21-22H2,1-2,4-9H3/t28-,31-,32?,33+,34-,35+/m1/s1. The van der Waals surface area contributed by atoms with Crippen LogP contribution in [-0.2, 0) is 28.3 Å². The van der Waals surface area contributed by atoms with Gasteiger partial charge in [-0.15, -0.1) is 0 Å². The van der Waals surface area contributed by atoms with Gasteiger partial charge in [-0.05, 0) is 116 Å². The molecule has 4 aliphatic rings. The molecule has 1 aromatic carbocycles. The van der Waals surface area contributed by atoms with Crippen LogP contribution in [0, 0.1) is 34.5 Å². The largest absolute Gasteiger partial charge is 0.532 e. The summed E-state index contributed by atoms with van der Waals surface area (Å²) in [4.78, 5) is 13.2. The summed E-state index contributed by atoms with van der Waals surface area (Å²) in [7, 11) is -3.90. The summed E-state index contributed by atoms with van der Waals surface area (Å²) in [6.45, 7) is 22.0. The van der Waals surface area contributed by atoms with E-state index in [1.165, 1.54) is 11.1 Å². The van der Waals surface area contributed by atoms with E-state index in [-0.39, 0.29) is 46.7 Å². The lowest BCUT2D eigenvalue weighted by atomic mass is 9.34. The lowest BCUT2D eigenvalue weighted by molar-refractivity contribution is -0.164. The molecule has 42 heavy (non-hydrogen) atoms. The molecule has 0 spiro atoms. The fourth-order valence-corrected chi connectivity index (χ4v) is 10.8. The lowest BCUT2D eigenvalue weighted by Gasteiger charge is -2.70. The second kappa shape index (κ2) is 10.3. The van der Waals surface area contributed by atoms with Gasteiger partial charge in [-0.3, -0.25) is 13.8 Å². The van der Waals surface area contributed by atoms with E-state index in [4.69, 9.17) is 13.6 Å². The third kappa shape index (κ3) is 4.66. The molecule has 0 heterocycles. The van der Waals surface area contributed by atoms with Gasteiger partial charge in [0.05, 0.1) is 19.6 Å². The van der Waals surface area contributed by atoms with Crippen molar-refractivity contribution in [1.82, 2.24) is 0 Å². The van der Waals surface area contributed by atoms with Gasteiger partial charge in [0.15, 0.2) is 0 Å². The van der Waals surface area contributed by atoms with Gasteiger partial charge in [-0.25, -0.2) is 4.57 Å². The summed E-state index contributed by atoms with van der Waals surface area (Å²) in [5, 5.41) is 12.5. The summed E-state index contributed by atoms with van der Waals surface area (Å²) in [5.41, 5.74) is 3.58. The molecule has 1 N–H and O–H groups in total. The zero-order chi connectivity index (χ0) is 30.9. The first-order valence-electron chi connectivity index (χ1n) is 15.9. The predicted octanol–water partition coefficient (Wildman–Crippen LogP) is 7.62. The number of hydrogen-bond acceptors (Lipinski definition) is 6. The highest BCUT2D eigenvalue weighted by Crippen LogP contribution is 2.74. The average molecular weight is 599 g/mol. The summed E-state index contributed by atoms with van der Waals surface area (Å²) < 4.78 is 28.8. The number of allylic oxidation sites excluding steroid dienone is 2. The van der Waals surface area contributed by atoms with Crippen molar-refractivity contribution in [2.24, 2.45) is 27.6 Å². The second-order valence-corrected chi connectivity index (χ2v) is 16.5. The highest BCUT2D eigenvalue weighted by atomic mass is 31.2. The average Bonchev–Trinajstić information content (AvgIpc) is 2.90. The van der Waals surface area contributed by atoms with Crippen LogP contribution in [0.4, 0.5) is 0 Å². The number of carbonyl (C=O) groups excluding carboxylic acids is 1. The normalized spacial score (nSPS) is 37.3. The molecule has 6 atom stereocenters. The van der Waals surface area contributed by atoms with Crippen molar-refractivity contribution in [2.75, 3.05) is 13.2 Å². The summed E-state index contributed by atoms with van der Waals surface area (Å²) in [6, 6.07) is 2.12. The van der Waals surface area contributed by atoms with Crippen LogP contribution in [0.15, 0.2) is 17.7 Å². The quantitative estimate of drug-likeness (QED) is 0.325. The van der Waals surface area contributed by atoms with Crippen LogP contribution in [0.25, 0.3) is 12.7 Å². The van der Waals surface area contributed by atoms with Crippen LogP contribution >= 0.6 is 7.82 Å². The highest BCUT2D eigenvalue weighted by molar-refractivity contribution is 7.49. The van der Waals surface area contributed by atoms with Crippen molar-refractivity contribution in [3.8, 4) is 5.75 Å². The van der Waals surface area contributed by atoms with Crippen molar-refractivity contribution >= 4 is 26.4 Å². The Morgan fingerprint density at radius 1 is 1.00 bits per heavy atom. The number of phenols is 1. The Labute approximate surface area is 252 Å². The van der Waals surface area contributed by atoms with Gasteiger partial charge in [0.2, 0.25) is 0 Å². The fourth-order valence-electron chi connectivity index (χ4n) is 9.70. The van der Waals surface area contributed by atoms with Crippen LogP contribution in [-0.4, -0.2) is 24.3 Å². The molecule has 0 saturated heterocycles. The van der Waals surface area contributed by atoms with Crippen LogP contribution in [0.2, 0.25) is 0 Å². The highest BCUT2D eigenvalue weighted by Gasteiger charge is 2.66. The van der Waals surface area contributed by atoms with Crippen LogP contribution in [0.5, 0.6) is 5.75 Å². The van der Waals surface area contributed by atoms with Gasteiger partial charge in [0, 0.05) is 10.6 Å². The van der Waals surface area contributed by atoms with Crippen molar-refractivity contribution < 1.29 is 28.0 Å². The van der Waals surface area contributed by atoms with E-state index in [0.717, 1.165) is 55.7 Å². The zero-order valence-corrected chi connectivity index (χ0v) is 27.9. The Balaban J connectivity index is 1.48. The Bertz CT molecular complexity index is 1470. The van der Waals surface area contributed by atoms with Crippen molar-refractivity contribution in [3.63, 3.8) is 0 Å². The summed E-state index contributed by atoms with van der Waals surface area (Å²) in [5.74, 6) is 0.220. The topological polar surface area (TPSA) is 82.1 Å². The number of phosphoric acid groups is 1. The van der Waals surface area contributed by atoms with Crippen LogP contribution in [0.1, 0.15) is 111 Å². The van der Waals surface area contributed by atoms with Crippen LogP contribution in [0.3, 0.4) is 0 Å². The van der Waals surface area contributed by atoms with Gasteiger partial charge in [-0.2, -0.15) is 0 Å². The van der Waals surface area contributed by atoms with E-state index < -0.39 is 13.8 Å². The molecule has 7 heteroatoms. The van der Waals surface area contributed by atoms with Crippen LogP contribution < -0.4 is 10.4 Å². The van der Waals surface area contributed by atoms with Gasteiger partial charge < -0.3 is 9.63 Å². The molecule has 1 aromatic rings. The maximum Gasteiger partial charge on any atom is 0.532 e. The number of phosphoric ester groups is 1. The summed E-state index contributed by atoms with van der Waals surface area (Å²) >= 11 is 0. The third-order valence-electron chi connectivity index (χ3n) is 12.4. The minimum absolute atomic E-state index is 0.0100. The number of hydrogen-bond donors (Lipinski definition) is 1. The number of phenolic OH excluding ortho intramolecular Hbond substituents is 1. The maximum atomic E-state index is 13.2. The Morgan fingerprint density at radius 2 is 1.64 bits per heavy atom. The molecule has 4 aliphatic carbocycles. The minimum Gasteiger partial charge on any atom is -0.507 e. The Kier molecular flexibility index (Phi) is 7.77. The maximum absolute atomic E-state index is 13.2. The minimum atomic E-state index is -3.90. The number of carbonyl (C=O) groups is 1. The SMILES string of the molecule is C=c1cc2c(c(C)c1O)=CC=C1[C@@]2(C)CC[C@@]2(C)[C@@H]3C[C@](C)(CC(=O)OP(=O)(OCC)OCC)CCC3(C)CC[C@]12C. The molecule has 232 valence electrons. The molecule has 6 nitrogen and oxygen atoms in total. The number of fused-ring (bicyclic) bond motifs is 7. The van der Waals surface area contributed by atoms with Crippen molar-refractivity contribution in [2.45, 2.75) is 112 Å². The molecule has 0 bridgehead atoms. The van der Waals surface area contributed by atoms with E-state index in [9.17, 15) is 14.5 Å². The lowest BCUT2D eigenvalue weighted by Crippen LogP contribution is -2.62. The monoisotopic (exact) mass is 598 g/mol. The smallest absolute Gasteiger partial charge is 0.507 e. The van der Waals surface area contributed by atoms with Gasteiger partial charge >= 0.3 is 13.8 Å². The predicted molar refractivity (Wildman–Crippen MR) is 167 cm³/mol. The number of aromatic hydroxyl groups is 1. The first-order chi connectivity index (χ1) is 19.5. The second-order valence-electron chi connectivity index (χ2n) is 14.9. The van der Waals surface area contributed by atoms with Gasteiger partial charge in [0.25, 0.3) is 0 Å². The Morgan fingerprint density at radius 3 is 2.29 bits per heavy atom. The van der Waals surface area contributed by atoms with E-state index in [2.05, 4.69) is 59.4 Å². The van der Waals surface area contributed by atoms with E-state index >= 15 is 0 Å². The molecule has 0 amide bonds. The summed E-state index contributed by atoms with van der Waals surface area (Å²) in [6.07, 6.45) is 12.1. The Hall–Kier alpha value is -1.88. The molecule has 3 saturated carbocycles. The van der Waals surface area contributed by atoms with E-state index in [1.54, 1.807) is 13.8 Å². The van der Waals surface area contributed by atoms with E-state index in [0.29, 0.717) is 16.9 Å². The van der Waals surface area contributed by atoms with Crippen molar-refractivity contribution in [3.05, 3.63) is 39.3 Å². The molecule has 0 aromatic heterocycles. The fraction of sp³-hybridized carbons (Fsp3) is 0.686. The molecule has 0 radical (unpaired) electrons. The van der Waals surface area contributed by atoms with Gasteiger partial charge in [0.1, 0.15) is 5.75 Å². The first kappa shape index (κ1) is 31.5. The number of benzene rings is 1. The first-order valence-corrected chi connectivity index (χ1v) is 17.3. The molecule has 3 fully saturated rings. The molecule has 1 unspecified atom stereocenters. The molecule has 5 rings (SSSR count). The van der Waals surface area contributed by atoms with Crippen molar-refractivity contribution in [1.29, 1.82) is 0 Å². The number of rotatable bonds is 7. The zero-order valence-electron chi connectivity index (χ0n) is 27.0. The molecule has 0 aliphatic heterocycles. The van der Waals surface area contributed by atoms with E-state index in [1.807, 2.05) is 6.92 Å². The third-order valence-corrected chi connectivity index (χ3v) is 14.0.